The number of aryl methyl sites for hydroxylation is 2. The Morgan fingerprint density at radius 1 is 1.00 bits per heavy atom. The number of ether oxygens (including phenoxy) is 1. The van der Waals surface area contributed by atoms with Gasteiger partial charge in [0.1, 0.15) is 11.5 Å². The molecule has 1 saturated heterocycles. The molecule has 4 heterocycles. The Bertz CT molecular complexity index is 1430. The van der Waals surface area contributed by atoms with Crippen molar-refractivity contribution in [2.75, 3.05) is 0 Å². The third kappa shape index (κ3) is 7.06. The summed E-state index contributed by atoms with van der Waals surface area (Å²) >= 11 is 0. The first-order valence-corrected chi connectivity index (χ1v) is 13.7. The zero-order valence-corrected chi connectivity index (χ0v) is 22.8. The van der Waals surface area contributed by atoms with Gasteiger partial charge in [-0.3, -0.25) is 14.6 Å². The van der Waals surface area contributed by atoms with E-state index in [4.69, 9.17) is 4.74 Å². The highest BCUT2D eigenvalue weighted by Gasteiger charge is 2.51. The van der Waals surface area contributed by atoms with Crippen molar-refractivity contribution in [1.82, 2.24) is 24.6 Å². The summed E-state index contributed by atoms with van der Waals surface area (Å²) in [4.78, 5) is 38.8. The number of alkyl halides is 6. The number of carbonyl (C=O) groups excluding carboxylic acids is 2. The second-order valence-corrected chi connectivity index (χ2v) is 11.3. The molecule has 1 saturated carbocycles. The molecule has 8 nitrogen and oxygen atoms in total. The summed E-state index contributed by atoms with van der Waals surface area (Å²) in [5.74, 6) is -1.80. The first kappa shape index (κ1) is 29.9. The van der Waals surface area contributed by atoms with Gasteiger partial charge in [0.15, 0.2) is 11.6 Å². The van der Waals surface area contributed by atoms with Crippen LogP contribution in [0.15, 0.2) is 24.5 Å². The summed E-state index contributed by atoms with van der Waals surface area (Å²) in [6.07, 6.45) is -5.90. The van der Waals surface area contributed by atoms with E-state index < -0.39 is 54.1 Å². The summed E-state index contributed by atoms with van der Waals surface area (Å²) in [6.45, 7) is 1.83. The van der Waals surface area contributed by atoms with E-state index in [1.54, 1.807) is 12.4 Å². The predicted octanol–water partition coefficient (Wildman–Crippen LogP) is 5.27. The molecule has 0 radical (unpaired) electrons. The Labute approximate surface area is 236 Å². The molecule has 2 fully saturated rings. The minimum absolute atomic E-state index is 0.0129. The van der Waals surface area contributed by atoms with Crippen molar-refractivity contribution in [2.24, 2.45) is 11.8 Å². The number of hydrogen-bond acceptors (Lipinski definition) is 7. The van der Waals surface area contributed by atoms with Crippen LogP contribution in [0, 0.1) is 18.8 Å². The largest absolute Gasteiger partial charge is 0.458 e. The Balaban J connectivity index is 1.37. The van der Waals surface area contributed by atoms with Gasteiger partial charge in [-0.05, 0) is 61.8 Å². The fourth-order valence-corrected chi connectivity index (χ4v) is 6.08. The van der Waals surface area contributed by atoms with Crippen molar-refractivity contribution < 1.29 is 40.7 Å². The number of carbonyl (C=O) groups is 2. The second-order valence-electron chi connectivity index (χ2n) is 11.3. The lowest BCUT2D eigenvalue weighted by molar-refractivity contribution is -0.185. The molecule has 3 aromatic rings. The fourth-order valence-electron chi connectivity index (χ4n) is 6.08. The number of pyridine rings is 1. The minimum atomic E-state index is -4.66. The van der Waals surface area contributed by atoms with Crippen LogP contribution in [0.5, 0.6) is 0 Å². The highest BCUT2D eigenvalue weighted by Crippen LogP contribution is 2.45. The SMILES string of the molecule is Cc1cnc2nc(CC3C(=O)CC(CCc4cc(CC(F)(F)F)nc(CC(F)(F)F)c4)(C4CCCC4)OC3=O)nn2c1. The number of nitrogens with zero attached hydrogens (tertiary/aromatic N) is 5. The normalized spacial score (nSPS) is 22.2. The van der Waals surface area contributed by atoms with Crippen molar-refractivity contribution in [2.45, 2.75) is 89.1 Å². The Hall–Kier alpha value is -3.58. The van der Waals surface area contributed by atoms with Gasteiger partial charge in [-0.1, -0.05) is 12.8 Å². The van der Waals surface area contributed by atoms with Crippen LogP contribution >= 0.6 is 0 Å². The Morgan fingerprint density at radius 3 is 2.24 bits per heavy atom. The molecule has 2 aliphatic rings. The van der Waals surface area contributed by atoms with Crippen molar-refractivity contribution in [3.8, 4) is 0 Å². The number of rotatable bonds is 8. The van der Waals surface area contributed by atoms with Crippen LogP contribution in [0.4, 0.5) is 26.3 Å². The van der Waals surface area contributed by atoms with Gasteiger partial charge in [0.2, 0.25) is 0 Å². The molecule has 226 valence electrons. The number of ketones is 1. The average Bonchev–Trinajstić information content (AvgIpc) is 3.53. The molecule has 0 aromatic carbocycles. The summed E-state index contributed by atoms with van der Waals surface area (Å²) in [6, 6.07) is 2.27. The van der Waals surface area contributed by atoms with Gasteiger partial charge in [-0.2, -0.15) is 31.3 Å². The molecule has 1 aliphatic carbocycles. The van der Waals surface area contributed by atoms with Crippen LogP contribution in [0.1, 0.15) is 66.9 Å². The highest BCUT2D eigenvalue weighted by atomic mass is 19.4. The molecule has 0 spiro atoms. The highest BCUT2D eigenvalue weighted by molar-refractivity contribution is 6.01. The first-order chi connectivity index (χ1) is 19.7. The molecule has 2 atom stereocenters. The van der Waals surface area contributed by atoms with E-state index in [0.29, 0.717) is 18.6 Å². The molecule has 2 unspecified atom stereocenters. The van der Waals surface area contributed by atoms with Gasteiger partial charge < -0.3 is 4.74 Å². The summed E-state index contributed by atoms with van der Waals surface area (Å²) in [5, 5.41) is 4.31. The van der Waals surface area contributed by atoms with Crippen LogP contribution in [0.3, 0.4) is 0 Å². The van der Waals surface area contributed by atoms with Gasteiger partial charge in [-0.15, -0.1) is 5.10 Å². The molecule has 14 heteroatoms. The lowest BCUT2D eigenvalue weighted by atomic mass is 9.73. The van der Waals surface area contributed by atoms with Crippen LogP contribution in [0.25, 0.3) is 5.78 Å². The lowest BCUT2D eigenvalue weighted by Gasteiger charge is -2.43. The summed E-state index contributed by atoms with van der Waals surface area (Å²) in [7, 11) is 0. The predicted molar refractivity (Wildman–Crippen MR) is 135 cm³/mol. The maximum Gasteiger partial charge on any atom is 0.394 e. The van der Waals surface area contributed by atoms with Crippen LogP contribution in [-0.2, 0) is 40.0 Å². The van der Waals surface area contributed by atoms with Crippen molar-refractivity contribution >= 4 is 17.5 Å². The van der Waals surface area contributed by atoms with Gasteiger partial charge in [0, 0.05) is 36.6 Å². The molecule has 42 heavy (non-hydrogen) atoms. The molecule has 5 rings (SSSR count). The second kappa shape index (κ2) is 11.3. The van der Waals surface area contributed by atoms with E-state index >= 15 is 0 Å². The van der Waals surface area contributed by atoms with Gasteiger partial charge >= 0.3 is 18.3 Å². The molecular weight excluding hydrogens is 568 g/mol. The molecule has 3 aromatic heterocycles. The third-order valence-electron chi connectivity index (χ3n) is 7.89. The molecule has 0 N–H and O–H groups in total. The number of hydrogen-bond donors (Lipinski definition) is 0. The third-order valence-corrected chi connectivity index (χ3v) is 7.89. The topological polar surface area (TPSA) is 99.3 Å². The number of cyclic esters (lactones) is 1. The minimum Gasteiger partial charge on any atom is -0.458 e. The smallest absolute Gasteiger partial charge is 0.394 e. The Morgan fingerprint density at radius 2 is 1.64 bits per heavy atom. The van der Waals surface area contributed by atoms with Crippen LogP contribution in [0.2, 0.25) is 0 Å². The van der Waals surface area contributed by atoms with Crippen LogP contribution < -0.4 is 0 Å². The van der Waals surface area contributed by atoms with Gasteiger partial charge in [-0.25, -0.2) is 9.50 Å². The zero-order chi connectivity index (χ0) is 30.3. The number of halogens is 6. The number of Topliss-reactive ketones (excluding diaryl/α,β-unsaturated/α-hetero) is 1. The maximum absolute atomic E-state index is 13.4. The van der Waals surface area contributed by atoms with E-state index in [9.17, 15) is 35.9 Å². The van der Waals surface area contributed by atoms with Gasteiger partial charge in [0.25, 0.3) is 5.78 Å². The van der Waals surface area contributed by atoms with Crippen LogP contribution in [-0.4, -0.2) is 54.3 Å². The first-order valence-electron chi connectivity index (χ1n) is 13.7. The van der Waals surface area contributed by atoms with E-state index in [1.165, 1.54) is 4.52 Å². The number of aromatic nitrogens is 5. The molecule has 0 bridgehead atoms. The fraction of sp³-hybridized carbons (Fsp3) is 0.571. The van der Waals surface area contributed by atoms with Gasteiger partial charge in [0.05, 0.1) is 12.8 Å². The summed E-state index contributed by atoms with van der Waals surface area (Å²) in [5.41, 5.74) is -1.18. The van der Waals surface area contributed by atoms with E-state index in [-0.39, 0.29) is 48.8 Å². The summed E-state index contributed by atoms with van der Waals surface area (Å²) < 4.78 is 85.9. The average molecular weight is 598 g/mol. The maximum atomic E-state index is 13.4. The Kier molecular flexibility index (Phi) is 8.01. The molecular formula is C28H29F6N5O3. The quantitative estimate of drug-likeness (QED) is 0.198. The van der Waals surface area contributed by atoms with E-state index in [2.05, 4.69) is 20.1 Å². The van der Waals surface area contributed by atoms with E-state index in [0.717, 1.165) is 30.5 Å². The number of esters is 1. The molecule has 0 amide bonds. The standard InChI is InChI=1S/C28H29F6N5O3/c1-16-14-35-25-37-23(38-39(25)15-16)10-21-22(40)13-26(42-24(21)41,18-4-2-3-5-18)7-6-17-8-19(11-27(29,30)31)36-20(9-17)12-28(32,33)34/h8-9,14-15,18,21H,2-7,10-13H2,1H3. The van der Waals surface area contributed by atoms with E-state index in [1.807, 2.05) is 6.92 Å². The van der Waals surface area contributed by atoms with Crippen molar-refractivity contribution in [3.63, 3.8) is 0 Å². The number of fused-ring (bicyclic) bond motifs is 1. The zero-order valence-electron chi connectivity index (χ0n) is 22.8. The lowest BCUT2D eigenvalue weighted by Crippen LogP contribution is -2.52. The van der Waals surface area contributed by atoms with Crippen molar-refractivity contribution in [1.29, 1.82) is 0 Å². The monoisotopic (exact) mass is 597 g/mol. The molecule has 1 aliphatic heterocycles. The van der Waals surface area contributed by atoms with Crippen molar-refractivity contribution in [3.05, 3.63) is 52.9 Å².